The Morgan fingerprint density at radius 2 is 1.82 bits per heavy atom. The molecule has 0 aliphatic carbocycles. The molecule has 0 radical (unpaired) electrons. The topological polar surface area (TPSA) is 157 Å². The number of benzene rings is 1. The monoisotopic (exact) mass is 628 g/mol. The second-order valence-corrected chi connectivity index (χ2v) is 12.6. The molecule has 44 heavy (non-hydrogen) atoms. The Kier molecular flexibility index (Phi) is 9.78. The van der Waals surface area contributed by atoms with Gasteiger partial charge in [0.15, 0.2) is 16.6 Å². The number of nitrogens with zero attached hydrogens (tertiary/aromatic N) is 5. The van der Waals surface area contributed by atoms with Gasteiger partial charge in [-0.3, -0.25) is 19.2 Å². The van der Waals surface area contributed by atoms with Gasteiger partial charge in [-0.25, -0.2) is 9.97 Å². The van der Waals surface area contributed by atoms with Crippen molar-refractivity contribution in [3.05, 3.63) is 11.8 Å². The van der Waals surface area contributed by atoms with Crippen LogP contribution in [0, 0.1) is 5.92 Å². The van der Waals surface area contributed by atoms with Gasteiger partial charge in [0, 0.05) is 64.0 Å². The van der Waals surface area contributed by atoms with E-state index in [2.05, 4.69) is 0 Å². The minimum Gasteiger partial charge on any atom is -0.493 e. The lowest BCUT2D eigenvalue weighted by Gasteiger charge is -2.36. The first kappa shape index (κ1) is 31.8. The Labute approximate surface area is 260 Å². The minimum absolute atomic E-state index is 0.00368. The number of anilines is 2. The summed E-state index contributed by atoms with van der Waals surface area (Å²) < 4.78 is 16.6. The van der Waals surface area contributed by atoms with Crippen LogP contribution in [-0.4, -0.2) is 114 Å². The minimum atomic E-state index is -0.730. The average molecular weight is 629 g/mol. The van der Waals surface area contributed by atoms with E-state index in [1.165, 1.54) is 21.1 Å². The van der Waals surface area contributed by atoms with Gasteiger partial charge in [0.05, 0.1) is 36.9 Å². The third kappa shape index (κ3) is 6.27. The van der Waals surface area contributed by atoms with Crippen LogP contribution in [-0.2, 0) is 19.1 Å². The molecule has 0 spiro atoms. The molecule has 14 heteroatoms. The first-order chi connectivity index (χ1) is 21.1. The summed E-state index contributed by atoms with van der Waals surface area (Å²) in [5.41, 5.74) is 7.26. The molecule has 3 aliphatic rings. The number of fused-ring (bicyclic) bond motifs is 1. The van der Waals surface area contributed by atoms with Crippen molar-refractivity contribution in [2.45, 2.75) is 51.7 Å². The highest BCUT2D eigenvalue weighted by Gasteiger charge is 2.39. The summed E-state index contributed by atoms with van der Waals surface area (Å²) in [5, 5.41) is 0.277. The normalized spacial score (nSPS) is 21.0. The number of piperazine rings is 1. The van der Waals surface area contributed by atoms with Crippen LogP contribution in [0.15, 0.2) is 6.07 Å². The maximum Gasteiger partial charge on any atom is 0.251 e. The summed E-state index contributed by atoms with van der Waals surface area (Å²) in [6.07, 6.45) is 2.39. The fourth-order valence-electron chi connectivity index (χ4n) is 6.11. The molecule has 2 aromatic rings. The number of methoxy groups -OCH3 is 2. The number of rotatable bonds is 9. The second-order valence-electron chi connectivity index (χ2n) is 11.4. The Morgan fingerprint density at radius 3 is 2.45 bits per heavy atom. The van der Waals surface area contributed by atoms with Crippen LogP contribution in [0.1, 0.15) is 50.0 Å². The fourth-order valence-corrected chi connectivity index (χ4v) is 6.74. The molecule has 1 aromatic carbocycles. The number of likely N-dealkylation sites (tertiary alicyclic amines) is 1. The third-order valence-electron chi connectivity index (χ3n) is 8.46. The standard InChI is InChI=1S/C30H40N6O7S/c1-17(16-44-18(2)37)28(39)36-9-5-7-20(36)26(38)25-23-19(15-22(41-3)27(42-4)24(23)31)32-30(33-25)35-12-10-34(11-13-35)29(40)21-8-6-14-43-21/h15,17,20-21H,5-14,16,31H2,1-4H3/t17?,20-,21?/m0/s1. The summed E-state index contributed by atoms with van der Waals surface area (Å²) in [7, 11) is 2.96. The van der Waals surface area contributed by atoms with Gasteiger partial charge in [-0.05, 0) is 25.7 Å². The van der Waals surface area contributed by atoms with Gasteiger partial charge in [0.2, 0.25) is 17.6 Å². The maximum atomic E-state index is 14.3. The molecule has 2 amide bonds. The van der Waals surface area contributed by atoms with Crippen LogP contribution in [0.4, 0.5) is 11.6 Å². The van der Waals surface area contributed by atoms with E-state index in [0.717, 1.165) is 24.6 Å². The van der Waals surface area contributed by atoms with Crippen LogP contribution in [0.5, 0.6) is 11.5 Å². The third-order valence-corrected chi connectivity index (χ3v) is 9.54. The van der Waals surface area contributed by atoms with Crippen LogP contribution < -0.4 is 20.1 Å². The molecule has 0 saturated carbocycles. The maximum absolute atomic E-state index is 14.3. The van der Waals surface area contributed by atoms with Crippen molar-refractivity contribution in [2.24, 2.45) is 5.92 Å². The van der Waals surface area contributed by atoms with Crippen LogP contribution >= 0.6 is 11.8 Å². The van der Waals surface area contributed by atoms with Gasteiger partial charge in [-0.2, -0.15) is 0 Å². The number of nitrogen functional groups attached to an aromatic ring is 1. The predicted molar refractivity (Wildman–Crippen MR) is 166 cm³/mol. The Bertz CT molecular complexity index is 1440. The summed E-state index contributed by atoms with van der Waals surface area (Å²) in [4.78, 5) is 67.1. The Morgan fingerprint density at radius 1 is 1.07 bits per heavy atom. The lowest BCUT2D eigenvalue weighted by molar-refractivity contribution is -0.141. The lowest BCUT2D eigenvalue weighted by atomic mass is 10.0. The fraction of sp³-hybridized carbons (Fsp3) is 0.600. The van der Waals surface area contributed by atoms with Gasteiger partial charge in [0.25, 0.3) is 5.91 Å². The molecule has 5 rings (SSSR count). The molecule has 1 aromatic heterocycles. The average Bonchev–Trinajstić information content (AvgIpc) is 3.75. The summed E-state index contributed by atoms with van der Waals surface area (Å²) in [5.74, 6) is 0.371. The first-order valence-corrected chi connectivity index (χ1v) is 16.0. The summed E-state index contributed by atoms with van der Waals surface area (Å²) >= 11 is 1.10. The van der Waals surface area contributed by atoms with E-state index in [9.17, 15) is 19.2 Å². The largest absolute Gasteiger partial charge is 0.493 e. The van der Waals surface area contributed by atoms with Gasteiger partial charge in [-0.1, -0.05) is 18.7 Å². The van der Waals surface area contributed by atoms with Gasteiger partial charge < -0.3 is 34.6 Å². The highest BCUT2D eigenvalue weighted by molar-refractivity contribution is 8.13. The molecule has 13 nitrogen and oxygen atoms in total. The van der Waals surface area contributed by atoms with Crippen molar-refractivity contribution in [1.82, 2.24) is 19.8 Å². The molecule has 0 bridgehead atoms. The number of amides is 2. The van der Waals surface area contributed by atoms with E-state index in [-0.39, 0.29) is 45.9 Å². The summed E-state index contributed by atoms with van der Waals surface area (Å²) in [6, 6.07) is 0.939. The molecule has 3 aliphatic heterocycles. The van der Waals surface area contributed by atoms with Crippen LogP contribution in [0.25, 0.3) is 10.9 Å². The van der Waals surface area contributed by atoms with Crippen molar-refractivity contribution in [2.75, 3.05) is 69.9 Å². The number of ether oxygens (including phenoxy) is 3. The number of ketones is 1. The van der Waals surface area contributed by atoms with E-state index >= 15 is 0 Å². The number of thioether (sulfide) groups is 1. The van der Waals surface area contributed by atoms with Gasteiger partial charge in [0.1, 0.15) is 11.8 Å². The van der Waals surface area contributed by atoms with Gasteiger partial charge >= 0.3 is 0 Å². The van der Waals surface area contributed by atoms with Crippen molar-refractivity contribution in [3.63, 3.8) is 0 Å². The van der Waals surface area contributed by atoms with Crippen molar-refractivity contribution >= 4 is 57.0 Å². The molecule has 3 saturated heterocycles. The van der Waals surface area contributed by atoms with Crippen molar-refractivity contribution in [1.29, 1.82) is 0 Å². The van der Waals surface area contributed by atoms with Crippen LogP contribution in [0.3, 0.4) is 0 Å². The number of aromatic nitrogens is 2. The number of hydrogen-bond acceptors (Lipinski definition) is 12. The molecular weight excluding hydrogens is 588 g/mol. The quantitative estimate of drug-likeness (QED) is 0.319. The number of nitrogens with two attached hydrogens (primary N) is 1. The molecule has 2 N–H and O–H groups in total. The number of Topliss-reactive ketones (excluding diaryl/α,β-unsaturated/α-hetero) is 1. The van der Waals surface area contributed by atoms with Crippen molar-refractivity contribution in [3.8, 4) is 11.5 Å². The highest BCUT2D eigenvalue weighted by atomic mass is 32.2. The molecule has 3 fully saturated rings. The van der Waals surface area contributed by atoms with E-state index in [1.54, 1.807) is 22.8 Å². The zero-order valence-corrected chi connectivity index (χ0v) is 26.5. The van der Waals surface area contributed by atoms with E-state index in [1.807, 2.05) is 4.90 Å². The number of carbonyl (C=O) groups is 4. The predicted octanol–water partition coefficient (Wildman–Crippen LogP) is 2.15. The molecule has 3 atom stereocenters. The zero-order valence-electron chi connectivity index (χ0n) is 25.7. The number of carbonyl (C=O) groups excluding carboxylic acids is 4. The first-order valence-electron chi connectivity index (χ1n) is 15.0. The SMILES string of the molecule is COc1cc2nc(N3CCN(C(=O)C4CCCO4)CC3)nc(C(=O)[C@@H]3CCCN3C(=O)C(C)CSC(C)=O)c2c(N)c1OC. The summed E-state index contributed by atoms with van der Waals surface area (Å²) in [6.45, 7) is 6.17. The van der Waals surface area contributed by atoms with Crippen LogP contribution in [0.2, 0.25) is 0 Å². The molecule has 4 heterocycles. The van der Waals surface area contributed by atoms with E-state index in [0.29, 0.717) is 80.5 Å². The zero-order chi connectivity index (χ0) is 31.5. The van der Waals surface area contributed by atoms with E-state index < -0.39 is 12.0 Å². The molecule has 238 valence electrons. The highest BCUT2D eigenvalue weighted by Crippen LogP contribution is 2.41. The Hall–Kier alpha value is -3.65. The van der Waals surface area contributed by atoms with E-state index in [4.69, 9.17) is 29.9 Å². The van der Waals surface area contributed by atoms with Gasteiger partial charge in [-0.15, -0.1) is 0 Å². The molecule has 2 unspecified atom stereocenters. The van der Waals surface area contributed by atoms with Crippen molar-refractivity contribution < 1.29 is 33.4 Å². The Balaban J connectivity index is 1.48. The smallest absolute Gasteiger partial charge is 0.251 e. The lowest BCUT2D eigenvalue weighted by Crippen LogP contribution is -2.52. The second kappa shape index (κ2) is 13.6. The molecular formula is C30H40N6O7S. The number of hydrogen-bond donors (Lipinski definition) is 1.